The molecule has 10 heteroatoms. The number of halogens is 1. The first-order valence-corrected chi connectivity index (χ1v) is 9.49. The molecule has 5 aromatic rings. The zero-order valence-electron chi connectivity index (χ0n) is 13.8. The van der Waals surface area contributed by atoms with Crippen molar-refractivity contribution >= 4 is 27.6 Å². The van der Waals surface area contributed by atoms with Crippen molar-refractivity contribution in [3.05, 3.63) is 47.6 Å². The van der Waals surface area contributed by atoms with Crippen molar-refractivity contribution in [3.8, 4) is 38.5 Å². The molecular weight excluding hydrogens is 389 g/mol. The minimum atomic E-state index is -0.465. The van der Waals surface area contributed by atoms with Crippen LogP contribution in [0.5, 0.6) is 5.75 Å². The Bertz CT molecular complexity index is 1240. The Hall–Kier alpha value is -3.11. The zero-order valence-corrected chi connectivity index (χ0v) is 15.4. The lowest BCUT2D eigenvalue weighted by Gasteiger charge is -2.02. The number of benzene rings is 1. The first-order valence-electron chi connectivity index (χ1n) is 7.80. The zero-order chi connectivity index (χ0) is 18.4. The van der Waals surface area contributed by atoms with Gasteiger partial charge in [-0.3, -0.25) is 0 Å². The Kier molecular flexibility index (Phi) is 3.73. The van der Waals surface area contributed by atoms with Gasteiger partial charge in [0.25, 0.3) is 0 Å². The van der Waals surface area contributed by atoms with Crippen LogP contribution in [0.1, 0.15) is 0 Å². The highest BCUT2D eigenvalue weighted by Gasteiger charge is 2.18. The third-order valence-corrected chi connectivity index (χ3v) is 5.69. The van der Waals surface area contributed by atoms with Crippen LogP contribution >= 0.6 is 22.7 Å². The lowest BCUT2D eigenvalue weighted by Crippen LogP contribution is -1.89. The van der Waals surface area contributed by atoms with Gasteiger partial charge in [-0.05, 0) is 29.6 Å². The molecule has 0 fully saturated rings. The van der Waals surface area contributed by atoms with E-state index in [-0.39, 0.29) is 5.75 Å². The van der Waals surface area contributed by atoms with Crippen LogP contribution in [-0.4, -0.2) is 32.1 Å². The number of nitrogens with zero attached hydrogens (tertiary/aromatic N) is 5. The number of hydrogen-bond donors (Lipinski definition) is 0. The predicted octanol–water partition coefficient (Wildman–Crippen LogP) is 4.38. The summed E-state index contributed by atoms with van der Waals surface area (Å²) in [6.07, 6.45) is 0. The summed E-state index contributed by atoms with van der Waals surface area (Å²) in [5, 5.41) is 19.6. The van der Waals surface area contributed by atoms with Gasteiger partial charge in [0.1, 0.15) is 5.69 Å². The van der Waals surface area contributed by atoms with Crippen molar-refractivity contribution in [1.82, 2.24) is 25.0 Å². The van der Waals surface area contributed by atoms with E-state index in [4.69, 9.17) is 9.26 Å². The Labute approximate surface area is 159 Å². The van der Waals surface area contributed by atoms with Crippen LogP contribution in [0, 0.1) is 5.82 Å². The second-order valence-corrected chi connectivity index (χ2v) is 7.43. The smallest absolute Gasteiger partial charge is 0.235 e. The van der Waals surface area contributed by atoms with Gasteiger partial charge in [-0.2, -0.15) is 9.61 Å². The second-order valence-electron chi connectivity index (χ2n) is 5.53. The molecule has 1 aromatic carbocycles. The normalized spacial score (nSPS) is 11.3. The van der Waals surface area contributed by atoms with E-state index in [9.17, 15) is 4.39 Å². The fourth-order valence-corrected chi connectivity index (χ4v) is 4.10. The highest BCUT2D eigenvalue weighted by atomic mass is 32.1. The van der Waals surface area contributed by atoms with Crippen LogP contribution in [0.2, 0.25) is 0 Å². The van der Waals surface area contributed by atoms with Gasteiger partial charge in [-0.15, -0.1) is 21.5 Å². The number of rotatable bonds is 4. The van der Waals surface area contributed by atoms with Gasteiger partial charge in [0, 0.05) is 11.6 Å². The molecule has 0 aliphatic carbocycles. The van der Waals surface area contributed by atoms with Gasteiger partial charge in [0.05, 0.1) is 12.0 Å². The predicted molar refractivity (Wildman–Crippen MR) is 99.4 cm³/mol. The summed E-state index contributed by atoms with van der Waals surface area (Å²) in [7, 11) is 1.42. The van der Waals surface area contributed by atoms with Crippen molar-refractivity contribution in [3.63, 3.8) is 0 Å². The van der Waals surface area contributed by atoms with Gasteiger partial charge >= 0.3 is 0 Å². The molecule has 4 heterocycles. The van der Waals surface area contributed by atoms with E-state index in [0.29, 0.717) is 32.8 Å². The Morgan fingerprint density at radius 1 is 1.19 bits per heavy atom. The molecule has 7 nitrogen and oxygen atoms in total. The van der Waals surface area contributed by atoms with E-state index in [2.05, 4.69) is 20.5 Å². The van der Waals surface area contributed by atoms with Gasteiger partial charge in [-0.1, -0.05) is 22.6 Å². The van der Waals surface area contributed by atoms with Gasteiger partial charge in [0.15, 0.2) is 28.2 Å². The maximum absolute atomic E-state index is 13.9. The molecular formula is C17H10FN5O2S2. The number of fused-ring (bicyclic) bond motifs is 1. The average molecular weight is 399 g/mol. The van der Waals surface area contributed by atoms with Crippen molar-refractivity contribution < 1.29 is 13.7 Å². The van der Waals surface area contributed by atoms with Crippen molar-refractivity contribution in [2.24, 2.45) is 0 Å². The van der Waals surface area contributed by atoms with Crippen molar-refractivity contribution in [1.29, 1.82) is 0 Å². The molecule has 4 aromatic heterocycles. The number of thiophene rings is 1. The number of aromatic nitrogens is 5. The molecule has 0 saturated heterocycles. The summed E-state index contributed by atoms with van der Waals surface area (Å²) < 4.78 is 25.9. The van der Waals surface area contributed by atoms with E-state index < -0.39 is 5.82 Å². The third kappa shape index (κ3) is 2.69. The quantitative estimate of drug-likeness (QED) is 0.446. The Morgan fingerprint density at radius 3 is 2.89 bits per heavy atom. The summed E-state index contributed by atoms with van der Waals surface area (Å²) in [6, 6.07) is 10.2. The molecule has 0 bridgehead atoms. The number of ether oxygens (including phenoxy) is 1. The first-order chi connectivity index (χ1) is 13.2. The lowest BCUT2D eigenvalue weighted by atomic mass is 10.1. The van der Waals surface area contributed by atoms with Crippen molar-refractivity contribution in [2.45, 2.75) is 0 Å². The minimum absolute atomic E-state index is 0.174. The molecule has 27 heavy (non-hydrogen) atoms. The Balaban J connectivity index is 1.52. The van der Waals surface area contributed by atoms with Crippen molar-refractivity contribution in [2.75, 3.05) is 7.11 Å². The fraction of sp³-hybridized carbons (Fsp3) is 0.0588. The van der Waals surface area contributed by atoms with E-state index >= 15 is 0 Å². The molecule has 0 aliphatic heterocycles. The van der Waals surface area contributed by atoms with Crippen LogP contribution in [0.4, 0.5) is 4.39 Å². The lowest BCUT2D eigenvalue weighted by molar-refractivity contribution is 0.386. The van der Waals surface area contributed by atoms with E-state index in [1.165, 1.54) is 24.5 Å². The molecule has 0 unspecified atom stereocenters. The van der Waals surface area contributed by atoms with Crippen LogP contribution in [0.25, 0.3) is 37.7 Å². The first kappa shape index (κ1) is 16.1. The SMILES string of the molecule is COc1ccc(-c2cc(-c3nn4c(-c5cccs5)nnc4s3)no2)cc1F. The fourth-order valence-electron chi connectivity index (χ4n) is 2.61. The van der Waals surface area contributed by atoms with Crippen LogP contribution < -0.4 is 4.74 Å². The topological polar surface area (TPSA) is 78.3 Å². The summed E-state index contributed by atoms with van der Waals surface area (Å²) in [4.78, 5) is 1.64. The number of methoxy groups -OCH3 is 1. The van der Waals surface area contributed by atoms with Gasteiger partial charge in [-0.25, -0.2) is 4.39 Å². The summed E-state index contributed by atoms with van der Waals surface area (Å²) >= 11 is 2.92. The van der Waals surface area contributed by atoms with Crippen LogP contribution in [-0.2, 0) is 0 Å². The van der Waals surface area contributed by atoms with Crippen LogP contribution in [0.15, 0.2) is 46.3 Å². The minimum Gasteiger partial charge on any atom is -0.494 e. The second kappa shape index (κ2) is 6.25. The molecule has 0 spiro atoms. The number of hydrogen-bond acceptors (Lipinski definition) is 8. The standard InChI is InChI=1S/C17H10FN5O2S2/c1-24-12-5-4-9(7-10(12)18)13-8-11(22-25-13)16-21-23-15(14-3-2-6-26-14)19-20-17(23)27-16/h2-8H,1H3. The summed E-state index contributed by atoms with van der Waals surface area (Å²) in [5.41, 5.74) is 1.11. The maximum atomic E-state index is 13.9. The highest BCUT2D eigenvalue weighted by molar-refractivity contribution is 7.19. The molecule has 0 radical (unpaired) electrons. The van der Waals surface area contributed by atoms with E-state index in [1.807, 2.05) is 17.5 Å². The molecule has 0 saturated carbocycles. The molecule has 0 aliphatic rings. The molecule has 0 amide bonds. The molecule has 0 atom stereocenters. The van der Waals surface area contributed by atoms with Gasteiger partial charge in [0.2, 0.25) is 4.96 Å². The summed E-state index contributed by atoms with van der Waals surface area (Å²) in [6.45, 7) is 0. The average Bonchev–Trinajstić information content (AvgIpc) is 3.43. The largest absolute Gasteiger partial charge is 0.494 e. The Morgan fingerprint density at radius 2 is 2.11 bits per heavy atom. The van der Waals surface area contributed by atoms with Crippen LogP contribution in [0.3, 0.4) is 0 Å². The molecule has 0 N–H and O–H groups in total. The molecule has 5 rings (SSSR count). The monoisotopic (exact) mass is 399 g/mol. The maximum Gasteiger partial charge on any atom is 0.235 e. The van der Waals surface area contributed by atoms with Gasteiger partial charge < -0.3 is 9.26 Å². The highest BCUT2D eigenvalue weighted by Crippen LogP contribution is 2.32. The van der Waals surface area contributed by atoms with E-state index in [1.54, 1.807) is 34.1 Å². The summed E-state index contributed by atoms with van der Waals surface area (Å²) in [5.74, 6) is 0.833. The third-order valence-electron chi connectivity index (χ3n) is 3.90. The molecule has 134 valence electrons. The van der Waals surface area contributed by atoms with E-state index in [0.717, 1.165) is 4.88 Å².